The van der Waals surface area contributed by atoms with Crippen LogP contribution < -0.4 is 13.9 Å². The summed E-state index contributed by atoms with van der Waals surface area (Å²) in [6.07, 6.45) is 0.00984. The van der Waals surface area contributed by atoms with Crippen LogP contribution in [0, 0.1) is 5.41 Å². The monoisotopic (exact) mass is 941 g/mol. The maximum atomic E-state index is 9.69. The Hall–Kier alpha value is -7.33. The van der Waals surface area contributed by atoms with Gasteiger partial charge in [0, 0.05) is 61.5 Å². The Balaban J connectivity index is 1.18. The molecule has 11 rings (SSSR count). The number of nitrogens with zero attached hydrogens (tertiary/aromatic N) is 4. The first-order valence-electron chi connectivity index (χ1n) is 29.5. The molecule has 0 bridgehead atoms. The van der Waals surface area contributed by atoms with Gasteiger partial charge in [0.05, 0.1) is 28.1 Å². The van der Waals surface area contributed by atoms with Crippen molar-refractivity contribution in [2.24, 2.45) is 5.41 Å². The second kappa shape index (κ2) is 16.6. The van der Waals surface area contributed by atoms with Crippen LogP contribution in [0.25, 0.3) is 38.8 Å². The number of aromatic nitrogens is 2. The SMILES string of the molecule is [2H]c1c([2H])c([2H])c2c(c1[2H])-c1c([2H])c([2H])c([2H])c([2H])c1C2c1cc(Oc2cccc([N+]3=C=[N+](c4cc(C(C)(C)C)cc(C(C)(C)C)c4)c4c3cccc4C([2H])([2H])C(C)(C)C)c2)cc2c1c1ccccc1n2-c1cc(C(C)(C)C)ccn1. The molecule has 0 atom stereocenters. The molecular formula is C66H66N4O+2. The van der Waals surface area contributed by atoms with Crippen LogP contribution in [-0.2, 0) is 22.6 Å². The van der Waals surface area contributed by atoms with E-state index in [1.165, 1.54) is 0 Å². The average Bonchev–Trinajstić information content (AvgIpc) is 4.31. The fourth-order valence-corrected chi connectivity index (χ4v) is 10.0. The zero-order chi connectivity index (χ0) is 58.5. The molecule has 354 valence electrons. The molecule has 3 heterocycles. The van der Waals surface area contributed by atoms with Crippen molar-refractivity contribution in [1.29, 1.82) is 0 Å². The maximum Gasteiger partial charge on any atom is 0.503 e. The fourth-order valence-electron chi connectivity index (χ4n) is 10.0. The second-order valence-corrected chi connectivity index (χ2v) is 23.1. The van der Waals surface area contributed by atoms with Crippen molar-refractivity contribution in [3.05, 3.63) is 203 Å². The van der Waals surface area contributed by atoms with Crippen molar-refractivity contribution in [3.8, 4) is 28.4 Å². The normalized spacial score (nSPS) is 16.1. The number of hydrogen-bond donors (Lipinski definition) is 0. The lowest BCUT2D eigenvalue weighted by Crippen LogP contribution is -2.18. The van der Waals surface area contributed by atoms with E-state index in [1.807, 2.05) is 115 Å². The molecule has 5 nitrogen and oxygen atoms in total. The average molecular weight is 941 g/mol. The minimum absolute atomic E-state index is 0.0365. The summed E-state index contributed by atoms with van der Waals surface area (Å²) in [6, 6.07) is 35.9. The number of benzene rings is 7. The standard InChI is InChI=1S/C66H66N4O/c1-63(2,3)40-42-21-19-30-57-62(42)69(47-34-44(65(7,8)9)33-45(35-47)66(10,11)12)41-68(57)46-22-20-23-48(37-46)71-49-38-55(60-52-26-15-13-24-50(52)51-25-14-16-27-53(51)60)61-54-28-17-18-29-56(54)70(58(61)39-49)59-36-43(31-32-67-59)64(4,5)6/h13-39,60H,40H2,1-12H3/q+2/i13D,14D,15D,16D,24D,25D,26D,27D,40D2. The number of pyridine rings is 1. The molecule has 2 aromatic heterocycles. The van der Waals surface area contributed by atoms with Gasteiger partial charge in [-0.25, -0.2) is 4.98 Å². The Morgan fingerprint density at radius 2 is 1.24 bits per heavy atom. The third-order valence-electron chi connectivity index (χ3n) is 13.6. The van der Waals surface area contributed by atoms with Gasteiger partial charge in [0.25, 0.3) is 5.69 Å². The van der Waals surface area contributed by atoms with Crippen molar-refractivity contribution in [2.45, 2.75) is 112 Å². The Bertz CT molecular complexity index is 4150. The Morgan fingerprint density at radius 1 is 0.592 bits per heavy atom. The van der Waals surface area contributed by atoms with Crippen molar-refractivity contribution in [1.82, 2.24) is 18.7 Å². The largest absolute Gasteiger partial charge is 0.503 e. The molecule has 5 heteroatoms. The molecule has 0 saturated carbocycles. The molecule has 2 aliphatic rings. The summed E-state index contributed by atoms with van der Waals surface area (Å²) >= 11 is 0. The zero-order valence-electron chi connectivity index (χ0n) is 52.7. The number of fused-ring (bicyclic) bond motifs is 7. The fraction of sp³-hybridized carbons (Fsp3) is 0.273. The first-order chi connectivity index (χ1) is 37.8. The van der Waals surface area contributed by atoms with Crippen LogP contribution in [0.4, 0.5) is 22.7 Å². The summed E-state index contributed by atoms with van der Waals surface area (Å²) in [5, 5.41) is 1.48. The van der Waals surface area contributed by atoms with Crippen LogP contribution in [-0.4, -0.2) is 15.6 Å². The van der Waals surface area contributed by atoms with E-state index in [0.717, 1.165) is 39.0 Å². The van der Waals surface area contributed by atoms with Crippen LogP contribution in [0.2, 0.25) is 0 Å². The van der Waals surface area contributed by atoms with E-state index in [1.54, 1.807) is 6.20 Å². The first-order valence-corrected chi connectivity index (χ1v) is 24.5. The van der Waals surface area contributed by atoms with Crippen molar-refractivity contribution in [3.63, 3.8) is 0 Å². The summed E-state index contributed by atoms with van der Waals surface area (Å²) in [7, 11) is 0. The van der Waals surface area contributed by atoms with E-state index in [4.69, 9.17) is 15.2 Å². The zero-order valence-corrected chi connectivity index (χ0v) is 42.7. The van der Waals surface area contributed by atoms with E-state index in [2.05, 4.69) is 97.2 Å². The predicted molar refractivity (Wildman–Crippen MR) is 298 cm³/mol. The van der Waals surface area contributed by atoms with Gasteiger partial charge >= 0.3 is 11.7 Å². The third kappa shape index (κ3) is 8.30. The van der Waals surface area contributed by atoms with Gasteiger partial charge in [0.15, 0.2) is 0 Å². The van der Waals surface area contributed by atoms with Crippen LogP contribution in [0.5, 0.6) is 11.5 Å². The second-order valence-electron chi connectivity index (χ2n) is 23.1. The summed E-state index contributed by atoms with van der Waals surface area (Å²) < 4.78 is 106. The van der Waals surface area contributed by atoms with Gasteiger partial charge in [-0.15, -0.1) is 0 Å². The highest BCUT2D eigenvalue weighted by Gasteiger charge is 2.41. The summed E-state index contributed by atoms with van der Waals surface area (Å²) in [6.45, 7) is 25.3. The van der Waals surface area contributed by atoms with E-state index >= 15 is 0 Å². The van der Waals surface area contributed by atoms with Crippen molar-refractivity contribution in [2.75, 3.05) is 0 Å². The van der Waals surface area contributed by atoms with Gasteiger partial charge in [-0.05, 0) is 112 Å². The van der Waals surface area contributed by atoms with Gasteiger partial charge in [-0.2, -0.15) is 0 Å². The molecule has 1 aliphatic carbocycles. The van der Waals surface area contributed by atoms with Gasteiger partial charge < -0.3 is 4.74 Å². The molecular weight excluding hydrogens is 865 g/mol. The van der Waals surface area contributed by atoms with E-state index in [0.29, 0.717) is 50.7 Å². The number of rotatable bonds is 7. The molecule has 1 aliphatic heterocycles. The molecule has 0 amide bonds. The molecule has 9 aromatic rings. The topological polar surface area (TPSA) is 33.1 Å². The molecule has 0 N–H and O–H groups in total. The number of hydrogen-bond acceptors (Lipinski definition) is 2. The van der Waals surface area contributed by atoms with Gasteiger partial charge in [0.1, 0.15) is 17.3 Å². The van der Waals surface area contributed by atoms with E-state index in [-0.39, 0.29) is 62.7 Å². The van der Waals surface area contributed by atoms with Gasteiger partial charge in [-0.1, -0.05) is 174 Å². The summed E-state index contributed by atoms with van der Waals surface area (Å²) in [5.41, 5.74) is 7.66. The van der Waals surface area contributed by atoms with Crippen LogP contribution >= 0.6 is 0 Å². The minimum atomic E-state index is -1.78. The lowest BCUT2D eigenvalue weighted by atomic mass is 9.80. The minimum Gasteiger partial charge on any atom is -0.457 e. The lowest BCUT2D eigenvalue weighted by Gasteiger charge is -2.25. The highest BCUT2D eigenvalue weighted by atomic mass is 16.5. The van der Waals surface area contributed by atoms with E-state index < -0.39 is 41.9 Å². The first kappa shape index (κ1) is 35.7. The molecule has 0 unspecified atom stereocenters. The smallest absolute Gasteiger partial charge is 0.457 e. The molecule has 0 radical (unpaired) electrons. The Morgan fingerprint density at radius 3 is 1.90 bits per heavy atom. The third-order valence-corrected chi connectivity index (χ3v) is 13.6. The summed E-state index contributed by atoms with van der Waals surface area (Å²) in [4.78, 5) is 4.95. The highest BCUT2D eigenvalue weighted by Crippen LogP contribution is 2.52. The molecule has 71 heavy (non-hydrogen) atoms. The van der Waals surface area contributed by atoms with E-state index in [9.17, 15) is 8.22 Å². The van der Waals surface area contributed by atoms with Crippen molar-refractivity contribution < 1.29 is 18.4 Å². The summed E-state index contributed by atoms with van der Waals surface area (Å²) in [5.74, 6) is 0.277. The highest BCUT2D eigenvalue weighted by molar-refractivity contribution is 6.12. The van der Waals surface area contributed by atoms with Crippen LogP contribution in [0.15, 0.2) is 164 Å². The van der Waals surface area contributed by atoms with Gasteiger partial charge in [0.2, 0.25) is 11.4 Å². The Labute approximate surface area is 434 Å². The maximum absolute atomic E-state index is 9.69. The van der Waals surface area contributed by atoms with Gasteiger partial charge in [-0.3, -0.25) is 4.57 Å². The molecule has 7 aromatic carbocycles. The van der Waals surface area contributed by atoms with Crippen molar-refractivity contribution >= 4 is 50.6 Å². The van der Waals surface area contributed by atoms with Crippen LogP contribution in [0.3, 0.4) is 0 Å². The van der Waals surface area contributed by atoms with Crippen LogP contribution in [0.1, 0.15) is 142 Å². The molecule has 0 saturated heterocycles. The number of para-hydroxylation sites is 2. The Kier molecular flexibility index (Phi) is 8.37. The number of ether oxygens (including phenoxy) is 1. The quantitative estimate of drug-likeness (QED) is 0.149. The lowest BCUT2D eigenvalue weighted by molar-refractivity contribution is 0.411. The molecule has 0 spiro atoms. The predicted octanol–water partition coefficient (Wildman–Crippen LogP) is 17.5. The molecule has 0 fully saturated rings.